The first-order valence-corrected chi connectivity index (χ1v) is 7.52. The van der Waals surface area contributed by atoms with Crippen LogP contribution in [-0.4, -0.2) is 11.3 Å². The lowest BCUT2D eigenvalue weighted by Gasteiger charge is -2.33. The molecule has 0 bridgehead atoms. The highest BCUT2D eigenvalue weighted by Gasteiger charge is 2.42. The maximum atomic E-state index is 12.7. The van der Waals surface area contributed by atoms with Crippen LogP contribution in [0.4, 0.5) is 13.2 Å². The predicted molar refractivity (Wildman–Crippen MR) is 77.1 cm³/mol. The van der Waals surface area contributed by atoms with Gasteiger partial charge in [0.1, 0.15) is 0 Å². The molecule has 1 nitrogen and oxygen atoms in total. The molecular formula is C17H23F3O. The van der Waals surface area contributed by atoms with Gasteiger partial charge in [-0.25, -0.2) is 0 Å². The number of hydrogen-bond acceptors (Lipinski definition) is 1. The lowest BCUT2D eigenvalue weighted by atomic mass is 9.76. The van der Waals surface area contributed by atoms with Crippen molar-refractivity contribution in [1.82, 2.24) is 0 Å². The quantitative estimate of drug-likeness (QED) is 0.813. The minimum Gasteiger partial charge on any atom is -0.388 e. The molecule has 0 saturated heterocycles. The molecule has 1 aromatic rings. The SMILES string of the molecule is Cc1cc(C)c(C(O)C2CCC(C(F)(F)F)CC2)cc1C. The zero-order valence-corrected chi connectivity index (χ0v) is 12.8. The fourth-order valence-corrected chi connectivity index (χ4v) is 3.32. The second kappa shape index (κ2) is 5.99. The molecule has 1 atom stereocenters. The molecule has 0 aliphatic heterocycles. The standard InChI is InChI=1S/C17H23F3O/c1-10-8-12(3)15(9-11(10)2)16(21)13-4-6-14(7-5-13)17(18,19)20/h8-9,13-14,16,21H,4-7H2,1-3H3. The largest absolute Gasteiger partial charge is 0.391 e. The number of aryl methyl sites for hydroxylation is 3. The van der Waals surface area contributed by atoms with Crippen molar-refractivity contribution in [2.45, 2.75) is 58.7 Å². The number of benzene rings is 1. The summed E-state index contributed by atoms with van der Waals surface area (Å²) < 4.78 is 38.1. The van der Waals surface area contributed by atoms with E-state index in [0.717, 1.165) is 16.7 Å². The molecule has 2 rings (SSSR count). The summed E-state index contributed by atoms with van der Waals surface area (Å²) in [5, 5.41) is 10.5. The van der Waals surface area contributed by atoms with Crippen LogP contribution in [0.5, 0.6) is 0 Å². The molecule has 1 N–H and O–H groups in total. The van der Waals surface area contributed by atoms with Crippen LogP contribution in [0, 0.1) is 32.6 Å². The van der Waals surface area contributed by atoms with E-state index >= 15 is 0 Å². The smallest absolute Gasteiger partial charge is 0.388 e. The normalized spacial score (nSPS) is 24.9. The molecular weight excluding hydrogens is 277 g/mol. The first-order chi connectivity index (χ1) is 9.70. The summed E-state index contributed by atoms with van der Waals surface area (Å²) in [6, 6.07) is 4.01. The highest BCUT2D eigenvalue weighted by atomic mass is 19.4. The molecule has 118 valence electrons. The van der Waals surface area contributed by atoms with Gasteiger partial charge in [0.05, 0.1) is 12.0 Å². The van der Waals surface area contributed by atoms with Crippen LogP contribution in [-0.2, 0) is 0 Å². The third-order valence-corrected chi connectivity index (χ3v) is 4.88. The highest BCUT2D eigenvalue weighted by Crippen LogP contribution is 2.43. The van der Waals surface area contributed by atoms with E-state index in [1.807, 2.05) is 32.9 Å². The second-order valence-electron chi connectivity index (χ2n) is 6.39. The zero-order valence-electron chi connectivity index (χ0n) is 12.8. The van der Waals surface area contributed by atoms with Crippen molar-refractivity contribution in [3.05, 3.63) is 34.4 Å². The summed E-state index contributed by atoms with van der Waals surface area (Å²) >= 11 is 0. The lowest BCUT2D eigenvalue weighted by molar-refractivity contribution is -0.185. The molecule has 1 aliphatic carbocycles. The first-order valence-electron chi connectivity index (χ1n) is 7.52. The average molecular weight is 300 g/mol. The Morgan fingerprint density at radius 3 is 2.00 bits per heavy atom. The Labute approximate surface area is 124 Å². The summed E-state index contributed by atoms with van der Waals surface area (Å²) in [6.45, 7) is 5.96. The van der Waals surface area contributed by atoms with Gasteiger partial charge in [-0.15, -0.1) is 0 Å². The van der Waals surface area contributed by atoms with Gasteiger partial charge in [0.2, 0.25) is 0 Å². The Bertz CT molecular complexity index is 499. The van der Waals surface area contributed by atoms with Gasteiger partial charge in [0, 0.05) is 0 Å². The minimum absolute atomic E-state index is 0.0654. The summed E-state index contributed by atoms with van der Waals surface area (Å²) in [7, 11) is 0. The van der Waals surface area contributed by atoms with Crippen molar-refractivity contribution in [3.63, 3.8) is 0 Å². The van der Waals surface area contributed by atoms with Gasteiger partial charge in [-0.3, -0.25) is 0 Å². The maximum Gasteiger partial charge on any atom is 0.391 e. The van der Waals surface area contributed by atoms with E-state index in [1.165, 1.54) is 5.56 Å². The number of aliphatic hydroxyl groups excluding tert-OH is 1. The summed E-state index contributed by atoms with van der Waals surface area (Å²) in [4.78, 5) is 0. The number of alkyl halides is 3. The molecule has 1 unspecified atom stereocenters. The molecule has 1 aliphatic rings. The van der Waals surface area contributed by atoms with Crippen LogP contribution >= 0.6 is 0 Å². The van der Waals surface area contributed by atoms with Crippen molar-refractivity contribution in [2.75, 3.05) is 0 Å². The molecule has 0 amide bonds. The number of hydrogen-bond donors (Lipinski definition) is 1. The zero-order chi connectivity index (χ0) is 15.8. The van der Waals surface area contributed by atoms with Gasteiger partial charge in [-0.2, -0.15) is 13.2 Å². The Morgan fingerprint density at radius 1 is 0.952 bits per heavy atom. The second-order valence-corrected chi connectivity index (χ2v) is 6.39. The molecule has 0 aromatic heterocycles. The van der Waals surface area contributed by atoms with E-state index in [4.69, 9.17) is 0 Å². The maximum absolute atomic E-state index is 12.7. The fourth-order valence-electron chi connectivity index (χ4n) is 3.32. The molecule has 1 aromatic carbocycles. The van der Waals surface area contributed by atoms with E-state index in [1.54, 1.807) is 0 Å². The molecule has 0 heterocycles. The van der Waals surface area contributed by atoms with Gasteiger partial charge in [-0.1, -0.05) is 12.1 Å². The highest BCUT2D eigenvalue weighted by molar-refractivity contribution is 5.37. The topological polar surface area (TPSA) is 20.2 Å². The van der Waals surface area contributed by atoms with E-state index in [2.05, 4.69) is 0 Å². The molecule has 1 fully saturated rings. The van der Waals surface area contributed by atoms with E-state index in [0.29, 0.717) is 12.8 Å². The first kappa shape index (κ1) is 16.3. The van der Waals surface area contributed by atoms with Gasteiger partial charge < -0.3 is 5.11 Å². The minimum atomic E-state index is -4.09. The molecule has 0 spiro atoms. The van der Waals surface area contributed by atoms with Crippen LogP contribution in [0.3, 0.4) is 0 Å². The molecule has 21 heavy (non-hydrogen) atoms. The van der Waals surface area contributed by atoms with Crippen LogP contribution in [0.2, 0.25) is 0 Å². The van der Waals surface area contributed by atoms with Crippen molar-refractivity contribution in [1.29, 1.82) is 0 Å². The third kappa shape index (κ3) is 3.60. The molecule has 4 heteroatoms. The molecule has 0 radical (unpaired) electrons. The van der Waals surface area contributed by atoms with Crippen LogP contribution < -0.4 is 0 Å². The predicted octanol–water partition coefficient (Wildman–Crippen LogP) is 5.01. The monoisotopic (exact) mass is 300 g/mol. The Morgan fingerprint density at radius 2 is 1.48 bits per heavy atom. The van der Waals surface area contributed by atoms with Crippen molar-refractivity contribution in [3.8, 4) is 0 Å². The van der Waals surface area contributed by atoms with E-state index in [9.17, 15) is 18.3 Å². The van der Waals surface area contributed by atoms with Gasteiger partial charge in [0.25, 0.3) is 0 Å². The Kier molecular flexibility index (Phi) is 4.66. The summed E-state index contributed by atoms with van der Waals surface area (Å²) in [5.74, 6) is -1.26. The number of aliphatic hydroxyl groups is 1. The summed E-state index contributed by atoms with van der Waals surface area (Å²) in [5.41, 5.74) is 4.17. The van der Waals surface area contributed by atoms with E-state index in [-0.39, 0.29) is 18.8 Å². The van der Waals surface area contributed by atoms with Gasteiger partial charge >= 0.3 is 6.18 Å². The van der Waals surface area contributed by atoms with Crippen molar-refractivity contribution >= 4 is 0 Å². The number of halogens is 3. The van der Waals surface area contributed by atoms with Gasteiger partial charge in [-0.05, 0) is 74.6 Å². The van der Waals surface area contributed by atoms with E-state index < -0.39 is 18.2 Å². The summed E-state index contributed by atoms with van der Waals surface area (Å²) in [6.07, 6.45) is -3.59. The van der Waals surface area contributed by atoms with Crippen LogP contribution in [0.1, 0.15) is 54.0 Å². The fraction of sp³-hybridized carbons (Fsp3) is 0.647. The molecule has 1 saturated carbocycles. The number of rotatable bonds is 2. The third-order valence-electron chi connectivity index (χ3n) is 4.88. The average Bonchev–Trinajstić information content (AvgIpc) is 2.41. The van der Waals surface area contributed by atoms with Crippen molar-refractivity contribution < 1.29 is 18.3 Å². The van der Waals surface area contributed by atoms with Crippen LogP contribution in [0.15, 0.2) is 12.1 Å². The van der Waals surface area contributed by atoms with Gasteiger partial charge in [0.15, 0.2) is 0 Å². The van der Waals surface area contributed by atoms with Crippen LogP contribution in [0.25, 0.3) is 0 Å². The van der Waals surface area contributed by atoms with Crippen molar-refractivity contribution in [2.24, 2.45) is 11.8 Å². The Hall–Kier alpha value is -1.03. The lowest BCUT2D eigenvalue weighted by Crippen LogP contribution is -2.29. The Balaban J connectivity index is 2.09.